The molecule has 0 unspecified atom stereocenters. The van der Waals surface area contributed by atoms with Crippen molar-refractivity contribution in [3.05, 3.63) is 89.9 Å². The molecule has 0 saturated heterocycles. The van der Waals surface area contributed by atoms with Crippen LogP contribution in [0.25, 0.3) is 0 Å². The van der Waals surface area contributed by atoms with Gasteiger partial charge in [0.15, 0.2) is 12.3 Å². The fourth-order valence-electron chi connectivity index (χ4n) is 3.02. The summed E-state index contributed by atoms with van der Waals surface area (Å²) in [6.07, 6.45) is 1.60. The van der Waals surface area contributed by atoms with Gasteiger partial charge in [-0.05, 0) is 42.3 Å². The number of carbonyl (C=O) groups is 1. The third-order valence-electron chi connectivity index (χ3n) is 4.53. The van der Waals surface area contributed by atoms with Gasteiger partial charge in [0, 0.05) is 0 Å². The largest absolute Gasteiger partial charge is 0.463 e. The quantitative estimate of drug-likeness (QED) is 0.577. The van der Waals surface area contributed by atoms with Gasteiger partial charge >= 0.3 is 6.61 Å². The van der Waals surface area contributed by atoms with E-state index in [4.69, 9.17) is 4.42 Å². The van der Waals surface area contributed by atoms with Crippen molar-refractivity contribution in [3.63, 3.8) is 0 Å². The zero-order valence-corrected chi connectivity index (χ0v) is 15.9. The van der Waals surface area contributed by atoms with E-state index in [0.29, 0.717) is 0 Å². The number of amides is 1. The molecule has 1 amide bonds. The number of nitrogens with one attached hydrogen (secondary N) is 1. The Morgan fingerprint density at radius 2 is 1.72 bits per heavy atom. The van der Waals surface area contributed by atoms with Crippen LogP contribution in [0.15, 0.2) is 77.4 Å². The Kier molecular flexibility index (Phi) is 6.97. The number of furan rings is 1. The molecule has 0 aliphatic rings. The van der Waals surface area contributed by atoms with Crippen molar-refractivity contribution in [2.75, 3.05) is 6.54 Å². The third-order valence-corrected chi connectivity index (χ3v) is 4.53. The van der Waals surface area contributed by atoms with Crippen LogP contribution in [0.5, 0.6) is 5.75 Å². The summed E-state index contributed by atoms with van der Waals surface area (Å²) >= 11 is 0. The predicted molar refractivity (Wildman–Crippen MR) is 103 cm³/mol. The Morgan fingerprint density at radius 1 is 1.03 bits per heavy atom. The standard InChI is InChI=1S/C22H22F2N2O3/c1-15(19-8-5-13-28-19)25-14-20(27)26-21(16-6-3-2-4-7-16)17-9-11-18(12-10-17)29-22(23)24/h2-13,15,21-22,25H,14H2,1H3,(H,26,27)/p+1/t15-,21-/m1/s1. The number of nitrogens with two attached hydrogens (primary N) is 1. The van der Waals surface area contributed by atoms with Gasteiger partial charge in [-0.3, -0.25) is 4.79 Å². The summed E-state index contributed by atoms with van der Waals surface area (Å²) < 4.78 is 34.5. The molecule has 29 heavy (non-hydrogen) atoms. The van der Waals surface area contributed by atoms with Crippen LogP contribution >= 0.6 is 0 Å². The molecule has 2 aromatic carbocycles. The molecule has 2 atom stereocenters. The molecule has 0 fully saturated rings. The van der Waals surface area contributed by atoms with E-state index in [1.54, 1.807) is 18.4 Å². The van der Waals surface area contributed by atoms with Crippen molar-refractivity contribution in [3.8, 4) is 5.75 Å². The van der Waals surface area contributed by atoms with Crippen molar-refractivity contribution < 1.29 is 28.0 Å². The molecule has 0 aliphatic carbocycles. The first-order valence-electron chi connectivity index (χ1n) is 9.28. The molecule has 0 aliphatic heterocycles. The van der Waals surface area contributed by atoms with Crippen LogP contribution in [-0.4, -0.2) is 19.1 Å². The first-order chi connectivity index (χ1) is 14.0. The average Bonchev–Trinajstić information content (AvgIpc) is 3.26. The van der Waals surface area contributed by atoms with E-state index in [1.165, 1.54) is 12.1 Å². The maximum Gasteiger partial charge on any atom is 0.387 e. The minimum Gasteiger partial charge on any atom is -0.463 e. The summed E-state index contributed by atoms with van der Waals surface area (Å²) in [4.78, 5) is 12.6. The second kappa shape index (κ2) is 9.84. The Balaban J connectivity index is 1.70. The highest BCUT2D eigenvalue weighted by molar-refractivity contribution is 5.77. The zero-order valence-electron chi connectivity index (χ0n) is 15.9. The number of rotatable bonds is 9. The van der Waals surface area contributed by atoms with Gasteiger partial charge in [-0.15, -0.1) is 0 Å². The third kappa shape index (κ3) is 5.89. The van der Waals surface area contributed by atoms with Gasteiger partial charge in [0.05, 0.1) is 12.3 Å². The number of carbonyl (C=O) groups excluding carboxylic acids is 1. The first-order valence-corrected chi connectivity index (χ1v) is 9.28. The summed E-state index contributed by atoms with van der Waals surface area (Å²) in [5, 5.41) is 4.91. The summed E-state index contributed by atoms with van der Waals surface area (Å²) in [6.45, 7) is -0.697. The average molecular weight is 401 g/mol. The van der Waals surface area contributed by atoms with E-state index in [0.717, 1.165) is 16.9 Å². The molecular weight excluding hydrogens is 378 g/mol. The highest BCUT2D eigenvalue weighted by Crippen LogP contribution is 2.24. The number of hydrogen-bond donors (Lipinski definition) is 2. The Bertz CT molecular complexity index is 884. The Labute approximate surface area is 167 Å². The molecule has 1 aromatic heterocycles. The lowest BCUT2D eigenvalue weighted by Gasteiger charge is -2.20. The molecule has 5 nitrogen and oxygen atoms in total. The second-order valence-electron chi connectivity index (χ2n) is 6.60. The van der Waals surface area contributed by atoms with E-state index in [1.807, 2.05) is 54.7 Å². The summed E-state index contributed by atoms with van der Waals surface area (Å²) in [7, 11) is 0. The first kappa shape index (κ1) is 20.5. The predicted octanol–water partition coefficient (Wildman–Crippen LogP) is 3.41. The van der Waals surface area contributed by atoms with Crippen LogP contribution in [-0.2, 0) is 4.79 Å². The Morgan fingerprint density at radius 3 is 2.34 bits per heavy atom. The lowest BCUT2D eigenvalue weighted by atomic mass is 9.98. The van der Waals surface area contributed by atoms with Crippen molar-refractivity contribution in [1.82, 2.24) is 5.32 Å². The van der Waals surface area contributed by atoms with Crippen molar-refractivity contribution >= 4 is 5.91 Å². The van der Waals surface area contributed by atoms with Crippen LogP contribution in [0.3, 0.4) is 0 Å². The van der Waals surface area contributed by atoms with Crippen LogP contribution in [0, 0.1) is 0 Å². The van der Waals surface area contributed by atoms with Gasteiger partial charge in [0.25, 0.3) is 5.91 Å². The minimum absolute atomic E-state index is 0.0108. The van der Waals surface area contributed by atoms with E-state index < -0.39 is 12.7 Å². The molecule has 0 bridgehead atoms. The van der Waals surface area contributed by atoms with Gasteiger partial charge in [-0.2, -0.15) is 8.78 Å². The minimum atomic E-state index is -2.88. The summed E-state index contributed by atoms with van der Waals surface area (Å²) in [5.74, 6) is 0.722. The normalized spacial score (nSPS) is 13.1. The van der Waals surface area contributed by atoms with Gasteiger partial charge < -0.3 is 19.8 Å². The number of benzene rings is 2. The molecular formula is C22H23F2N2O3+. The lowest BCUT2D eigenvalue weighted by Crippen LogP contribution is -2.87. The van der Waals surface area contributed by atoms with Crippen LogP contribution in [0.1, 0.15) is 35.9 Å². The van der Waals surface area contributed by atoms with Crippen molar-refractivity contribution in [2.45, 2.75) is 25.6 Å². The highest BCUT2D eigenvalue weighted by atomic mass is 19.3. The smallest absolute Gasteiger partial charge is 0.387 e. The van der Waals surface area contributed by atoms with Gasteiger partial charge in [0.1, 0.15) is 11.8 Å². The zero-order chi connectivity index (χ0) is 20.6. The van der Waals surface area contributed by atoms with Crippen molar-refractivity contribution in [1.29, 1.82) is 0 Å². The van der Waals surface area contributed by atoms with Crippen LogP contribution in [0.4, 0.5) is 8.78 Å². The number of alkyl halides is 2. The fraction of sp³-hybridized carbons (Fsp3) is 0.227. The van der Waals surface area contributed by atoms with Crippen LogP contribution in [0.2, 0.25) is 0 Å². The van der Waals surface area contributed by atoms with Gasteiger partial charge in [-0.25, -0.2) is 0 Å². The lowest BCUT2D eigenvalue weighted by molar-refractivity contribution is -0.684. The number of quaternary nitrogens is 1. The molecule has 0 saturated carbocycles. The van der Waals surface area contributed by atoms with Gasteiger partial charge in [-0.1, -0.05) is 42.5 Å². The fourth-order valence-corrected chi connectivity index (χ4v) is 3.02. The maximum absolute atomic E-state index is 12.6. The van der Waals surface area contributed by atoms with Gasteiger partial charge in [0.2, 0.25) is 0 Å². The van der Waals surface area contributed by atoms with E-state index in [9.17, 15) is 13.6 Å². The molecule has 7 heteroatoms. The second-order valence-corrected chi connectivity index (χ2v) is 6.60. The van der Waals surface area contributed by atoms with E-state index in [-0.39, 0.29) is 24.2 Å². The molecule has 152 valence electrons. The van der Waals surface area contributed by atoms with Crippen molar-refractivity contribution in [2.24, 2.45) is 0 Å². The molecule has 3 rings (SSSR count). The van der Waals surface area contributed by atoms with E-state index in [2.05, 4.69) is 10.1 Å². The van der Waals surface area contributed by atoms with Crippen LogP contribution < -0.4 is 15.4 Å². The molecule has 0 radical (unpaired) electrons. The highest BCUT2D eigenvalue weighted by Gasteiger charge is 2.20. The molecule has 3 aromatic rings. The summed E-state index contributed by atoms with van der Waals surface area (Å²) in [6, 6.07) is 19.0. The SMILES string of the molecule is C[C@@H]([NH2+]CC(=O)N[C@H](c1ccccc1)c1ccc(OC(F)F)cc1)c1ccco1. The number of ether oxygens (including phenoxy) is 1. The summed E-state index contributed by atoms with van der Waals surface area (Å²) in [5.41, 5.74) is 1.66. The molecule has 0 spiro atoms. The molecule has 1 heterocycles. The van der Waals surface area contributed by atoms with E-state index >= 15 is 0 Å². The maximum atomic E-state index is 12.6. The Hall–Kier alpha value is -3.19. The monoisotopic (exact) mass is 401 g/mol. The molecule has 3 N–H and O–H groups in total. The number of halogens is 2. The topological polar surface area (TPSA) is 68.1 Å². The number of hydrogen-bond acceptors (Lipinski definition) is 3.